The quantitative estimate of drug-likeness (QED) is 0.914. The van der Waals surface area contributed by atoms with E-state index in [2.05, 4.69) is 14.6 Å². The number of methoxy groups -OCH3 is 1. The van der Waals surface area contributed by atoms with Crippen molar-refractivity contribution in [1.82, 2.24) is 9.78 Å². The Balaban J connectivity index is 2.36. The van der Waals surface area contributed by atoms with E-state index < -0.39 is 26.6 Å². The first-order valence-electron chi connectivity index (χ1n) is 6.34. The second-order valence-electron chi connectivity index (χ2n) is 4.83. The van der Waals surface area contributed by atoms with E-state index in [0.29, 0.717) is 12.1 Å². The van der Waals surface area contributed by atoms with E-state index in [4.69, 9.17) is 0 Å². The minimum absolute atomic E-state index is 0.0356. The smallest absolute Gasteiger partial charge is 0.265 e. The van der Waals surface area contributed by atoms with Crippen LogP contribution in [0.3, 0.4) is 0 Å². The van der Waals surface area contributed by atoms with Gasteiger partial charge in [-0.15, -0.1) is 0 Å². The lowest BCUT2D eigenvalue weighted by Gasteiger charge is -2.09. The van der Waals surface area contributed by atoms with Crippen molar-refractivity contribution in [2.75, 3.05) is 11.8 Å². The summed E-state index contributed by atoms with van der Waals surface area (Å²) in [6.07, 6.45) is 2.75. The summed E-state index contributed by atoms with van der Waals surface area (Å²) < 4.78 is 60.1. The molecule has 0 aliphatic rings. The molecule has 0 unspecified atom stereocenters. The molecule has 0 atom stereocenters. The van der Waals surface area contributed by atoms with Gasteiger partial charge in [-0.3, -0.25) is 9.40 Å². The van der Waals surface area contributed by atoms with Crippen molar-refractivity contribution in [3.8, 4) is 5.75 Å². The fourth-order valence-corrected chi connectivity index (χ4v) is 2.86. The second kappa shape index (κ2) is 5.91. The number of rotatable bonds is 5. The van der Waals surface area contributed by atoms with Gasteiger partial charge in [0.05, 0.1) is 19.0 Å². The monoisotopic (exact) mass is 331 g/mol. The number of benzene rings is 1. The molecule has 0 fully saturated rings. The van der Waals surface area contributed by atoms with E-state index in [0.717, 1.165) is 7.11 Å². The van der Waals surface area contributed by atoms with Crippen LogP contribution in [0, 0.1) is 11.6 Å². The maximum atomic E-state index is 13.9. The van der Waals surface area contributed by atoms with Crippen LogP contribution < -0.4 is 9.46 Å². The SMILES string of the molecule is COc1cc(F)c(S(=O)(=O)Nc2cnn(C(C)C)c2)cc1F. The Hall–Kier alpha value is -2.16. The third kappa shape index (κ3) is 3.19. The zero-order chi connectivity index (χ0) is 16.5. The van der Waals surface area contributed by atoms with E-state index in [9.17, 15) is 17.2 Å². The molecule has 0 saturated heterocycles. The van der Waals surface area contributed by atoms with Gasteiger partial charge in [0.25, 0.3) is 10.0 Å². The predicted octanol–water partition coefficient (Wildman–Crippen LogP) is 2.55. The van der Waals surface area contributed by atoms with Gasteiger partial charge < -0.3 is 4.74 Å². The van der Waals surface area contributed by atoms with E-state index in [-0.39, 0.29) is 17.5 Å². The average molecular weight is 331 g/mol. The maximum absolute atomic E-state index is 13.9. The molecule has 2 aromatic rings. The van der Waals surface area contributed by atoms with Gasteiger partial charge in [0.2, 0.25) is 0 Å². The first kappa shape index (κ1) is 16.2. The molecule has 0 bridgehead atoms. The fraction of sp³-hybridized carbons (Fsp3) is 0.308. The lowest BCUT2D eigenvalue weighted by atomic mass is 10.3. The van der Waals surface area contributed by atoms with Crippen molar-refractivity contribution in [3.63, 3.8) is 0 Å². The first-order chi connectivity index (χ1) is 10.2. The van der Waals surface area contributed by atoms with Gasteiger partial charge in [0, 0.05) is 24.4 Å². The molecule has 1 aromatic carbocycles. The molecule has 120 valence electrons. The number of aromatic nitrogens is 2. The fourth-order valence-electron chi connectivity index (χ4n) is 1.76. The number of anilines is 1. The molecule has 22 heavy (non-hydrogen) atoms. The van der Waals surface area contributed by atoms with Gasteiger partial charge in [-0.2, -0.15) is 5.10 Å². The number of halogens is 2. The Morgan fingerprint density at radius 3 is 2.50 bits per heavy atom. The number of ether oxygens (including phenoxy) is 1. The Morgan fingerprint density at radius 1 is 1.27 bits per heavy atom. The summed E-state index contributed by atoms with van der Waals surface area (Å²) in [4.78, 5) is -0.803. The number of hydrogen-bond acceptors (Lipinski definition) is 4. The maximum Gasteiger partial charge on any atom is 0.265 e. The standard InChI is InChI=1S/C13H15F2N3O3S/c1-8(2)18-7-9(6-16-18)17-22(19,20)13-5-10(14)12(21-3)4-11(13)15/h4-8,17H,1-3H3. The highest BCUT2D eigenvalue weighted by Crippen LogP contribution is 2.26. The third-order valence-electron chi connectivity index (χ3n) is 2.88. The molecule has 6 nitrogen and oxygen atoms in total. The highest BCUT2D eigenvalue weighted by atomic mass is 32.2. The van der Waals surface area contributed by atoms with Gasteiger partial charge in [-0.25, -0.2) is 17.2 Å². The highest BCUT2D eigenvalue weighted by molar-refractivity contribution is 7.92. The van der Waals surface area contributed by atoms with Gasteiger partial charge in [0.1, 0.15) is 10.7 Å². The summed E-state index contributed by atoms with van der Waals surface area (Å²) in [5.41, 5.74) is 0.157. The molecule has 0 amide bonds. The minimum Gasteiger partial charge on any atom is -0.494 e. The van der Waals surface area contributed by atoms with Crippen molar-refractivity contribution in [2.24, 2.45) is 0 Å². The van der Waals surface area contributed by atoms with Gasteiger partial charge in [-0.05, 0) is 13.8 Å². The van der Waals surface area contributed by atoms with Crippen LogP contribution in [0.2, 0.25) is 0 Å². The molecule has 1 heterocycles. The van der Waals surface area contributed by atoms with Gasteiger partial charge in [0.15, 0.2) is 11.6 Å². The Bertz CT molecular complexity index is 788. The summed E-state index contributed by atoms with van der Waals surface area (Å²) in [5, 5.41) is 3.96. The first-order valence-corrected chi connectivity index (χ1v) is 7.83. The van der Waals surface area contributed by atoms with E-state index in [1.54, 1.807) is 0 Å². The van der Waals surface area contributed by atoms with Crippen LogP contribution in [0.4, 0.5) is 14.5 Å². The molecule has 0 aliphatic heterocycles. The minimum atomic E-state index is -4.28. The summed E-state index contributed by atoms with van der Waals surface area (Å²) in [6.45, 7) is 3.73. The van der Waals surface area contributed by atoms with Crippen LogP contribution in [0.1, 0.15) is 19.9 Å². The number of nitrogens with one attached hydrogen (secondary N) is 1. The van der Waals surface area contributed by atoms with Gasteiger partial charge in [-0.1, -0.05) is 0 Å². The molecular weight excluding hydrogens is 316 g/mol. The Kier molecular flexibility index (Phi) is 4.36. The van der Waals surface area contributed by atoms with Crippen LogP contribution in [-0.2, 0) is 10.0 Å². The second-order valence-corrected chi connectivity index (χ2v) is 6.48. The van der Waals surface area contributed by atoms with Crippen molar-refractivity contribution >= 4 is 15.7 Å². The molecule has 9 heteroatoms. The summed E-state index contributed by atoms with van der Waals surface area (Å²) in [6, 6.07) is 1.29. The molecule has 0 radical (unpaired) electrons. The van der Waals surface area contributed by atoms with E-state index in [1.807, 2.05) is 13.8 Å². The van der Waals surface area contributed by atoms with E-state index >= 15 is 0 Å². The van der Waals surface area contributed by atoms with Crippen LogP contribution in [0.5, 0.6) is 5.75 Å². The molecular formula is C13H15F2N3O3S. The summed E-state index contributed by atoms with van der Waals surface area (Å²) in [7, 11) is -3.12. The molecule has 1 aromatic heterocycles. The molecule has 0 spiro atoms. The van der Waals surface area contributed by atoms with Crippen molar-refractivity contribution in [1.29, 1.82) is 0 Å². The number of nitrogens with zero attached hydrogens (tertiary/aromatic N) is 2. The van der Waals surface area contributed by atoms with Crippen molar-refractivity contribution in [3.05, 3.63) is 36.2 Å². The molecule has 0 saturated carbocycles. The largest absolute Gasteiger partial charge is 0.494 e. The lowest BCUT2D eigenvalue weighted by Crippen LogP contribution is -2.15. The summed E-state index contributed by atoms with van der Waals surface area (Å²) in [5.74, 6) is -2.45. The van der Waals surface area contributed by atoms with Crippen LogP contribution in [-0.4, -0.2) is 25.3 Å². The zero-order valence-electron chi connectivity index (χ0n) is 12.2. The number of sulfonamides is 1. The molecule has 2 rings (SSSR count). The van der Waals surface area contributed by atoms with Gasteiger partial charge >= 0.3 is 0 Å². The highest BCUT2D eigenvalue weighted by Gasteiger charge is 2.23. The summed E-state index contributed by atoms with van der Waals surface area (Å²) >= 11 is 0. The average Bonchev–Trinajstić information content (AvgIpc) is 2.88. The van der Waals surface area contributed by atoms with Crippen molar-refractivity contribution in [2.45, 2.75) is 24.8 Å². The molecule has 1 N–H and O–H groups in total. The number of hydrogen-bond donors (Lipinski definition) is 1. The van der Waals surface area contributed by atoms with E-state index in [1.165, 1.54) is 17.1 Å². The predicted molar refractivity (Wildman–Crippen MR) is 76.3 cm³/mol. The molecule has 0 aliphatic carbocycles. The Labute approximate surface area is 126 Å². The zero-order valence-corrected chi connectivity index (χ0v) is 13.0. The Morgan fingerprint density at radius 2 is 1.95 bits per heavy atom. The van der Waals surface area contributed by atoms with Crippen LogP contribution in [0.15, 0.2) is 29.4 Å². The lowest BCUT2D eigenvalue weighted by molar-refractivity contribution is 0.380. The third-order valence-corrected chi connectivity index (χ3v) is 4.27. The van der Waals surface area contributed by atoms with Crippen LogP contribution in [0.25, 0.3) is 0 Å². The van der Waals surface area contributed by atoms with Crippen molar-refractivity contribution < 1.29 is 21.9 Å². The normalized spacial score (nSPS) is 11.7. The van der Waals surface area contributed by atoms with Crippen LogP contribution >= 0.6 is 0 Å². The topological polar surface area (TPSA) is 73.2 Å².